The molecule has 2 rings (SSSR count). The number of ether oxygens (including phenoxy) is 1. The maximum atomic E-state index is 11.7. The summed E-state index contributed by atoms with van der Waals surface area (Å²) in [6.45, 7) is 4.94. The summed E-state index contributed by atoms with van der Waals surface area (Å²) in [5.41, 5.74) is 0. The van der Waals surface area contributed by atoms with Crippen LogP contribution in [0.1, 0.15) is 32.6 Å². The Kier molecular flexibility index (Phi) is 4.58. The topological polar surface area (TPSA) is 58.6 Å². The first-order chi connectivity index (χ1) is 8.69. The average molecular weight is 254 g/mol. The first kappa shape index (κ1) is 13.3. The summed E-state index contributed by atoms with van der Waals surface area (Å²) in [6.07, 6.45) is 3.51. The van der Waals surface area contributed by atoms with Gasteiger partial charge in [0, 0.05) is 25.6 Å². The van der Waals surface area contributed by atoms with Crippen LogP contribution in [0.15, 0.2) is 0 Å². The molecular formula is C13H22N2O3. The number of piperidine rings is 1. The fourth-order valence-electron chi connectivity index (χ4n) is 2.80. The van der Waals surface area contributed by atoms with Gasteiger partial charge >= 0.3 is 5.97 Å². The maximum Gasteiger partial charge on any atom is 0.310 e. The number of likely N-dealkylation sites (tertiary alicyclic amines) is 1. The summed E-state index contributed by atoms with van der Waals surface area (Å²) in [4.78, 5) is 25.1. The van der Waals surface area contributed by atoms with Gasteiger partial charge in [0.05, 0.1) is 12.5 Å². The minimum Gasteiger partial charge on any atom is -0.466 e. The number of hydrogen-bond acceptors (Lipinski definition) is 4. The van der Waals surface area contributed by atoms with Gasteiger partial charge in [-0.05, 0) is 32.7 Å². The van der Waals surface area contributed by atoms with Crippen molar-refractivity contribution in [2.75, 3.05) is 26.2 Å². The zero-order valence-electron chi connectivity index (χ0n) is 11.0. The van der Waals surface area contributed by atoms with E-state index in [2.05, 4.69) is 10.2 Å². The number of carbonyl (C=O) groups excluding carboxylic acids is 2. The van der Waals surface area contributed by atoms with Crippen LogP contribution < -0.4 is 5.32 Å². The Bertz CT molecular complexity index is 319. The van der Waals surface area contributed by atoms with Crippen LogP contribution in [0.5, 0.6) is 0 Å². The van der Waals surface area contributed by atoms with Gasteiger partial charge in [0.1, 0.15) is 0 Å². The van der Waals surface area contributed by atoms with E-state index in [9.17, 15) is 9.59 Å². The van der Waals surface area contributed by atoms with Crippen molar-refractivity contribution < 1.29 is 14.3 Å². The Balaban J connectivity index is 1.79. The van der Waals surface area contributed by atoms with Crippen molar-refractivity contribution in [3.8, 4) is 0 Å². The minimum absolute atomic E-state index is 0.0100. The number of nitrogens with one attached hydrogen (secondary N) is 1. The summed E-state index contributed by atoms with van der Waals surface area (Å²) < 4.78 is 5.08. The molecule has 102 valence electrons. The molecule has 0 aromatic heterocycles. The average Bonchev–Trinajstić information content (AvgIpc) is 2.75. The van der Waals surface area contributed by atoms with Crippen molar-refractivity contribution in [3.05, 3.63) is 0 Å². The van der Waals surface area contributed by atoms with Gasteiger partial charge in [0.15, 0.2) is 0 Å². The summed E-state index contributed by atoms with van der Waals surface area (Å²) in [5.74, 6) is 0.0902. The lowest BCUT2D eigenvalue weighted by atomic mass is 9.97. The van der Waals surface area contributed by atoms with Crippen molar-refractivity contribution >= 4 is 11.9 Å². The predicted molar refractivity (Wildman–Crippen MR) is 67.0 cm³/mol. The molecule has 2 atom stereocenters. The molecule has 2 aliphatic rings. The molecule has 0 aromatic carbocycles. The Morgan fingerprint density at radius 2 is 2.33 bits per heavy atom. The molecule has 5 heteroatoms. The standard InChI is InChI=1S/C13H22N2O3/c1-2-18-13(17)10-4-3-7-15(8-10)9-11-5-6-12(16)14-11/h10-11H,2-9H2,1H3,(H,14,16)/t10-,11?/m1/s1. The third kappa shape index (κ3) is 3.45. The Hall–Kier alpha value is -1.10. The zero-order chi connectivity index (χ0) is 13.0. The molecule has 1 N–H and O–H groups in total. The van der Waals surface area contributed by atoms with Crippen molar-refractivity contribution in [1.82, 2.24) is 10.2 Å². The zero-order valence-corrected chi connectivity index (χ0v) is 11.0. The van der Waals surface area contributed by atoms with E-state index in [0.717, 1.165) is 38.9 Å². The molecular weight excluding hydrogens is 232 g/mol. The third-order valence-corrected chi connectivity index (χ3v) is 3.69. The van der Waals surface area contributed by atoms with Gasteiger partial charge in [-0.15, -0.1) is 0 Å². The van der Waals surface area contributed by atoms with Crippen molar-refractivity contribution in [2.45, 2.75) is 38.6 Å². The van der Waals surface area contributed by atoms with Crippen LogP contribution in [0, 0.1) is 5.92 Å². The summed E-state index contributed by atoms with van der Waals surface area (Å²) >= 11 is 0. The van der Waals surface area contributed by atoms with E-state index in [1.165, 1.54) is 0 Å². The van der Waals surface area contributed by atoms with E-state index < -0.39 is 0 Å². The monoisotopic (exact) mass is 254 g/mol. The number of esters is 1. The van der Waals surface area contributed by atoms with E-state index in [-0.39, 0.29) is 23.8 Å². The highest BCUT2D eigenvalue weighted by atomic mass is 16.5. The molecule has 2 fully saturated rings. The molecule has 0 spiro atoms. The lowest BCUT2D eigenvalue weighted by Gasteiger charge is -2.33. The van der Waals surface area contributed by atoms with Crippen molar-refractivity contribution in [3.63, 3.8) is 0 Å². The van der Waals surface area contributed by atoms with Gasteiger partial charge in [-0.2, -0.15) is 0 Å². The number of carbonyl (C=O) groups is 2. The first-order valence-corrected chi connectivity index (χ1v) is 6.87. The van der Waals surface area contributed by atoms with Crippen LogP contribution in [-0.4, -0.2) is 49.1 Å². The van der Waals surface area contributed by atoms with Crippen LogP contribution in [-0.2, 0) is 14.3 Å². The molecule has 0 radical (unpaired) electrons. The van der Waals surface area contributed by atoms with E-state index in [0.29, 0.717) is 13.0 Å². The summed E-state index contributed by atoms with van der Waals surface area (Å²) in [7, 11) is 0. The molecule has 1 unspecified atom stereocenters. The number of nitrogens with zero attached hydrogens (tertiary/aromatic N) is 1. The first-order valence-electron chi connectivity index (χ1n) is 6.87. The Morgan fingerprint density at radius 1 is 1.50 bits per heavy atom. The van der Waals surface area contributed by atoms with Gasteiger partial charge in [0.2, 0.25) is 5.91 Å². The van der Waals surface area contributed by atoms with Gasteiger partial charge < -0.3 is 15.0 Å². The number of hydrogen-bond donors (Lipinski definition) is 1. The molecule has 0 saturated carbocycles. The largest absolute Gasteiger partial charge is 0.466 e. The second kappa shape index (κ2) is 6.18. The Morgan fingerprint density at radius 3 is 3.00 bits per heavy atom. The van der Waals surface area contributed by atoms with Crippen molar-refractivity contribution in [1.29, 1.82) is 0 Å². The van der Waals surface area contributed by atoms with Crippen LogP contribution in [0.3, 0.4) is 0 Å². The van der Waals surface area contributed by atoms with E-state index in [1.54, 1.807) is 0 Å². The molecule has 18 heavy (non-hydrogen) atoms. The molecule has 0 bridgehead atoms. The normalized spacial score (nSPS) is 29.1. The predicted octanol–water partition coefficient (Wildman–Crippen LogP) is 0.540. The van der Waals surface area contributed by atoms with Gasteiger partial charge in [0.25, 0.3) is 0 Å². The smallest absolute Gasteiger partial charge is 0.310 e. The highest BCUT2D eigenvalue weighted by molar-refractivity contribution is 5.78. The molecule has 5 nitrogen and oxygen atoms in total. The summed E-state index contributed by atoms with van der Waals surface area (Å²) in [5, 5.41) is 2.97. The highest BCUT2D eigenvalue weighted by Crippen LogP contribution is 2.19. The fraction of sp³-hybridized carbons (Fsp3) is 0.846. The SMILES string of the molecule is CCOC(=O)[C@@H]1CCCN(CC2CCC(=O)N2)C1. The fourth-order valence-corrected chi connectivity index (χ4v) is 2.80. The van der Waals surface area contributed by atoms with Gasteiger partial charge in [-0.25, -0.2) is 0 Å². The lowest BCUT2D eigenvalue weighted by Crippen LogP contribution is -2.45. The minimum atomic E-state index is -0.0716. The van der Waals surface area contributed by atoms with Crippen LogP contribution in [0.4, 0.5) is 0 Å². The van der Waals surface area contributed by atoms with Gasteiger partial charge in [-0.1, -0.05) is 0 Å². The van der Waals surface area contributed by atoms with Gasteiger partial charge in [-0.3, -0.25) is 9.59 Å². The Labute approximate surface area is 108 Å². The molecule has 1 amide bonds. The van der Waals surface area contributed by atoms with Crippen LogP contribution >= 0.6 is 0 Å². The number of rotatable bonds is 4. The van der Waals surface area contributed by atoms with Crippen LogP contribution in [0.25, 0.3) is 0 Å². The molecule has 0 aliphatic carbocycles. The quantitative estimate of drug-likeness (QED) is 0.744. The van der Waals surface area contributed by atoms with Crippen molar-refractivity contribution in [2.24, 2.45) is 5.92 Å². The molecule has 2 heterocycles. The molecule has 2 aliphatic heterocycles. The summed E-state index contributed by atoms with van der Waals surface area (Å²) in [6, 6.07) is 0.262. The lowest BCUT2D eigenvalue weighted by molar-refractivity contribution is -0.150. The maximum absolute atomic E-state index is 11.7. The molecule has 2 saturated heterocycles. The van der Waals surface area contributed by atoms with Crippen LogP contribution in [0.2, 0.25) is 0 Å². The second-order valence-corrected chi connectivity index (χ2v) is 5.15. The van der Waals surface area contributed by atoms with E-state index in [1.807, 2.05) is 6.92 Å². The van der Waals surface area contributed by atoms with E-state index >= 15 is 0 Å². The number of amides is 1. The second-order valence-electron chi connectivity index (χ2n) is 5.15. The van der Waals surface area contributed by atoms with E-state index in [4.69, 9.17) is 4.74 Å². The third-order valence-electron chi connectivity index (χ3n) is 3.69. The molecule has 0 aromatic rings. The highest BCUT2D eigenvalue weighted by Gasteiger charge is 2.29.